The van der Waals surface area contributed by atoms with Gasteiger partial charge in [-0.25, -0.2) is 13.1 Å². The third kappa shape index (κ3) is 3.21. The molecule has 0 aliphatic heterocycles. The summed E-state index contributed by atoms with van der Waals surface area (Å²) in [6.45, 7) is 4.58. The maximum atomic E-state index is 12.4. The smallest absolute Gasteiger partial charge is 0.244 e. The first-order valence-corrected chi connectivity index (χ1v) is 8.58. The first-order chi connectivity index (χ1) is 9.45. The molecule has 20 heavy (non-hydrogen) atoms. The molecule has 1 aromatic rings. The molecule has 0 saturated heterocycles. The fraction of sp³-hybridized carbons (Fsp3) is 0.769. The topological polar surface area (TPSA) is 84.2 Å². The van der Waals surface area contributed by atoms with Crippen LogP contribution < -0.4 is 4.72 Å². The maximum absolute atomic E-state index is 12.4. The van der Waals surface area contributed by atoms with E-state index in [2.05, 4.69) is 9.82 Å². The van der Waals surface area contributed by atoms with E-state index in [9.17, 15) is 8.42 Å². The number of hydrogen-bond donors (Lipinski definition) is 2. The number of aliphatic hydroxyl groups is 1. The van der Waals surface area contributed by atoms with Gasteiger partial charge in [0, 0.05) is 19.7 Å². The van der Waals surface area contributed by atoms with Crippen molar-refractivity contribution in [3.8, 4) is 0 Å². The van der Waals surface area contributed by atoms with Crippen LogP contribution in [0.2, 0.25) is 0 Å². The van der Waals surface area contributed by atoms with Crippen LogP contribution in [0.25, 0.3) is 0 Å². The minimum Gasteiger partial charge on any atom is -0.396 e. The predicted molar refractivity (Wildman–Crippen MR) is 75.9 cm³/mol. The summed E-state index contributed by atoms with van der Waals surface area (Å²) in [6.07, 6.45) is 3.98. The van der Waals surface area contributed by atoms with Crippen LogP contribution in [0.15, 0.2) is 4.90 Å². The zero-order chi connectivity index (χ0) is 14.8. The molecule has 0 atom stereocenters. The second-order valence-electron chi connectivity index (χ2n) is 5.45. The lowest BCUT2D eigenvalue weighted by molar-refractivity contribution is 0.276. The summed E-state index contributed by atoms with van der Waals surface area (Å²) in [5.74, 6) is 0.481. The van der Waals surface area contributed by atoms with E-state index in [-0.39, 0.29) is 11.5 Å². The lowest BCUT2D eigenvalue weighted by atomic mass is 9.86. The standard InChI is InChI=1S/C13H23N3O3S/c1-10-13(11(2)16(15-10)7-4-8-17)20(18,19)14-9-12-5-3-6-12/h12,14,17H,3-9H2,1-2H3. The minimum atomic E-state index is -3.49. The zero-order valence-corrected chi connectivity index (χ0v) is 12.9. The molecule has 7 heteroatoms. The summed E-state index contributed by atoms with van der Waals surface area (Å²) in [4.78, 5) is 0.287. The van der Waals surface area contributed by atoms with E-state index in [0.717, 1.165) is 12.8 Å². The molecule has 0 bridgehead atoms. The molecule has 1 aliphatic carbocycles. The van der Waals surface area contributed by atoms with Gasteiger partial charge in [0.05, 0.1) is 11.4 Å². The van der Waals surface area contributed by atoms with Gasteiger partial charge < -0.3 is 5.11 Å². The molecule has 1 heterocycles. The van der Waals surface area contributed by atoms with Crippen molar-refractivity contribution in [2.24, 2.45) is 5.92 Å². The van der Waals surface area contributed by atoms with Crippen LogP contribution in [0.5, 0.6) is 0 Å². The maximum Gasteiger partial charge on any atom is 0.244 e. The number of nitrogens with one attached hydrogen (secondary N) is 1. The SMILES string of the molecule is Cc1nn(CCCO)c(C)c1S(=O)(=O)NCC1CCC1. The molecule has 2 N–H and O–H groups in total. The normalized spacial score (nSPS) is 16.4. The molecule has 0 spiro atoms. The monoisotopic (exact) mass is 301 g/mol. The number of sulfonamides is 1. The second kappa shape index (κ2) is 6.24. The molecule has 0 amide bonds. The quantitative estimate of drug-likeness (QED) is 0.785. The second-order valence-corrected chi connectivity index (χ2v) is 7.15. The average Bonchev–Trinajstić information content (AvgIpc) is 2.60. The summed E-state index contributed by atoms with van der Waals surface area (Å²) >= 11 is 0. The lowest BCUT2D eigenvalue weighted by Crippen LogP contribution is -2.32. The molecule has 1 aromatic heterocycles. The van der Waals surface area contributed by atoms with Crippen LogP contribution in [-0.2, 0) is 16.6 Å². The fourth-order valence-corrected chi connectivity index (χ4v) is 4.03. The third-order valence-electron chi connectivity index (χ3n) is 3.90. The highest BCUT2D eigenvalue weighted by molar-refractivity contribution is 7.89. The molecular weight excluding hydrogens is 278 g/mol. The Labute approximate surface area is 120 Å². The van der Waals surface area contributed by atoms with Crippen LogP contribution in [0, 0.1) is 19.8 Å². The van der Waals surface area contributed by atoms with Gasteiger partial charge in [0.1, 0.15) is 4.90 Å². The van der Waals surface area contributed by atoms with E-state index in [0.29, 0.717) is 36.8 Å². The molecule has 1 saturated carbocycles. The number of rotatable bonds is 7. The number of aromatic nitrogens is 2. The number of hydrogen-bond acceptors (Lipinski definition) is 4. The summed E-state index contributed by atoms with van der Waals surface area (Å²) in [6, 6.07) is 0. The number of nitrogens with zero attached hydrogens (tertiary/aromatic N) is 2. The first kappa shape index (κ1) is 15.5. The van der Waals surface area contributed by atoms with Gasteiger partial charge in [0.15, 0.2) is 0 Å². The summed E-state index contributed by atoms with van der Waals surface area (Å²) < 4.78 is 29.1. The molecule has 1 fully saturated rings. The van der Waals surface area contributed by atoms with Crippen molar-refractivity contribution in [1.82, 2.24) is 14.5 Å². The van der Waals surface area contributed by atoms with Crippen LogP contribution in [-0.4, -0.2) is 36.5 Å². The van der Waals surface area contributed by atoms with Gasteiger partial charge in [-0.2, -0.15) is 5.10 Å². The van der Waals surface area contributed by atoms with Gasteiger partial charge in [-0.15, -0.1) is 0 Å². The van der Waals surface area contributed by atoms with Gasteiger partial charge in [0.25, 0.3) is 0 Å². The average molecular weight is 301 g/mol. The van der Waals surface area contributed by atoms with Gasteiger partial charge in [-0.1, -0.05) is 6.42 Å². The molecule has 1 aliphatic rings. The van der Waals surface area contributed by atoms with Crippen molar-refractivity contribution in [2.75, 3.05) is 13.2 Å². The first-order valence-electron chi connectivity index (χ1n) is 7.10. The number of aliphatic hydroxyl groups excluding tert-OH is 1. The Hall–Kier alpha value is -0.920. The van der Waals surface area contributed by atoms with Gasteiger partial charge >= 0.3 is 0 Å². The zero-order valence-electron chi connectivity index (χ0n) is 12.1. The highest BCUT2D eigenvalue weighted by atomic mass is 32.2. The van der Waals surface area contributed by atoms with Crippen molar-refractivity contribution in [3.05, 3.63) is 11.4 Å². The van der Waals surface area contributed by atoms with Crippen LogP contribution in [0.4, 0.5) is 0 Å². The Morgan fingerprint density at radius 3 is 2.65 bits per heavy atom. The van der Waals surface area contributed by atoms with E-state index in [4.69, 9.17) is 5.11 Å². The van der Waals surface area contributed by atoms with E-state index in [1.54, 1.807) is 18.5 Å². The van der Waals surface area contributed by atoms with E-state index in [1.165, 1.54) is 6.42 Å². The van der Waals surface area contributed by atoms with Crippen LogP contribution in [0.3, 0.4) is 0 Å². The van der Waals surface area contributed by atoms with Crippen molar-refractivity contribution in [1.29, 1.82) is 0 Å². The van der Waals surface area contributed by atoms with Crippen molar-refractivity contribution in [2.45, 2.75) is 51.0 Å². The largest absolute Gasteiger partial charge is 0.396 e. The molecule has 0 aromatic carbocycles. The third-order valence-corrected chi connectivity index (χ3v) is 5.57. The van der Waals surface area contributed by atoms with Gasteiger partial charge in [-0.3, -0.25) is 4.68 Å². The Balaban J connectivity index is 2.15. The summed E-state index contributed by atoms with van der Waals surface area (Å²) in [5.41, 5.74) is 1.15. The van der Waals surface area contributed by atoms with E-state index >= 15 is 0 Å². The van der Waals surface area contributed by atoms with Gasteiger partial charge in [-0.05, 0) is 39.0 Å². The number of aryl methyl sites for hydroxylation is 2. The van der Waals surface area contributed by atoms with Gasteiger partial charge in [0.2, 0.25) is 10.0 Å². The fourth-order valence-electron chi connectivity index (χ4n) is 2.50. The van der Waals surface area contributed by atoms with E-state index < -0.39 is 10.0 Å². The molecular formula is C13H23N3O3S. The van der Waals surface area contributed by atoms with Crippen molar-refractivity contribution >= 4 is 10.0 Å². The summed E-state index contributed by atoms with van der Waals surface area (Å²) in [7, 11) is -3.49. The van der Waals surface area contributed by atoms with E-state index in [1.807, 2.05) is 0 Å². The highest BCUT2D eigenvalue weighted by Crippen LogP contribution is 2.26. The highest BCUT2D eigenvalue weighted by Gasteiger charge is 2.26. The van der Waals surface area contributed by atoms with Crippen molar-refractivity contribution in [3.63, 3.8) is 0 Å². The molecule has 0 radical (unpaired) electrons. The van der Waals surface area contributed by atoms with Crippen molar-refractivity contribution < 1.29 is 13.5 Å². The summed E-state index contributed by atoms with van der Waals surface area (Å²) in [5, 5.41) is 13.1. The lowest BCUT2D eigenvalue weighted by Gasteiger charge is -2.25. The molecule has 0 unspecified atom stereocenters. The Bertz CT molecular complexity index is 562. The van der Waals surface area contributed by atoms with Crippen LogP contribution in [0.1, 0.15) is 37.1 Å². The minimum absolute atomic E-state index is 0.0698. The molecule has 6 nitrogen and oxygen atoms in total. The molecule has 2 rings (SSSR count). The Morgan fingerprint density at radius 1 is 1.40 bits per heavy atom. The Kier molecular flexibility index (Phi) is 4.82. The predicted octanol–water partition coefficient (Wildman–Crippen LogP) is 0.961. The molecule has 114 valence electrons. The Morgan fingerprint density at radius 2 is 2.10 bits per heavy atom. The van der Waals surface area contributed by atoms with Crippen LogP contribution >= 0.6 is 0 Å².